The fraction of sp³-hybridized carbons (Fsp3) is 0.474. The van der Waals surface area contributed by atoms with Crippen molar-refractivity contribution in [2.75, 3.05) is 13.0 Å². The molecule has 1 aromatic heterocycles. The highest BCUT2D eigenvalue weighted by Gasteiger charge is 2.25. The van der Waals surface area contributed by atoms with E-state index >= 15 is 0 Å². The van der Waals surface area contributed by atoms with Crippen LogP contribution in [0, 0.1) is 0 Å². The number of phenols is 1. The molecule has 0 bridgehead atoms. The average Bonchev–Trinajstić information content (AvgIpc) is 3.14. The molecule has 2 nitrogen and oxygen atoms in total. The molecule has 23 heavy (non-hydrogen) atoms. The Morgan fingerprint density at radius 2 is 2.22 bits per heavy atom. The summed E-state index contributed by atoms with van der Waals surface area (Å²) >= 11 is 1.25. The molecule has 4 heteroatoms. The third kappa shape index (κ3) is 4.50. The molecular formula is C19H26ClNOS. The van der Waals surface area contributed by atoms with Crippen LogP contribution in [0.25, 0.3) is 0 Å². The van der Waals surface area contributed by atoms with Gasteiger partial charge in [0.2, 0.25) is 0 Å². The number of hydrogen-bond acceptors (Lipinski definition) is 3. The Kier molecular flexibility index (Phi) is 5.04. The van der Waals surface area contributed by atoms with Crippen molar-refractivity contribution in [3.8, 4) is 5.75 Å². The number of aryl methyl sites for hydroxylation is 1. The standard InChI is InChI=1S/C19H25NOS.ClH/c1-2-11-20(12-10-17-6-4-13-22-17)16-8-9-18-15(14-16)5-3-7-19(18)21;/h3-7,13,16,21H,2,8-12,14H2,1H3;1H/t16-;/m0./s1/i10D2,12D2;. The Labute approximate surface area is 155 Å². The number of halogens is 1. The van der Waals surface area contributed by atoms with Crippen molar-refractivity contribution in [1.82, 2.24) is 4.90 Å². The second kappa shape index (κ2) is 8.72. The van der Waals surface area contributed by atoms with Gasteiger partial charge >= 0.3 is 0 Å². The Hall–Kier alpha value is -1.03. The lowest BCUT2D eigenvalue weighted by molar-refractivity contribution is 0.181. The minimum Gasteiger partial charge on any atom is -0.508 e. The molecule has 0 unspecified atom stereocenters. The first-order chi connectivity index (χ1) is 12.3. The van der Waals surface area contributed by atoms with Gasteiger partial charge in [-0.15, -0.1) is 23.7 Å². The van der Waals surface area contributed by atoms with Gasteiger partial charge in [0.15, 0.2) is 0 Å². The summed E-state index contributed by atoms with van der Waals surface area (Å²) in [7, 11) is 0. The van der Waals surface area contributed by atoms with Gasteiger partial charge in [-0.1, -0.05) is 25.1 Å². The third-order valence-electron chi connectivity index (χ3n) is 4.18. The van der Waals surface area contributed by atoms with Crippen molar-refractivity contribution < 1.29 is 10.6 Å². The van der Waals surface area contributed by atoms with Gasteiger partial charge in [0.05, 0.1) is 0 Å². The molecule has 1 aliphatic rings. The summed E-state index contributed by atoms with van der Waals surface area (Å²) in [6.07, 6.45) is 0.693. The molecule has 1 heterocycles. The van der Waals surface area contributed by atoms with E-state index in [0.29, 0.717) is 36.4 Å². The number of rotatable bonds is 6. The summed E-state index contributed by atoms with van der Waals surface area (Å²) in [6.45, 7) is 0.371. The van der Waals surface area contributed by atoms with Gasteiger partial charge in [0, 0.05) is 22.9 Å². The lowest BCUT2D eigenvalue weighted by Gasteiger charge is -2.35. The summed E-state index contributed by atoms with van der Waals surface area (Å²) in [4.78, 5) is 2.12. The van der Waals surface area contributed by atoms with Gasteiger partial charge in [-0.05, 0) is 67.2 Å². The van der Waals surface area contributed by atoms with E-state index in [0.717, 1.165) is 17.5 Å². The maximum atomic E-state index is 10.1. The Morgan fingerprint density at radius 1 is 1.35 bits per heavy atom. The predicted octanol–water partition coefficient (Wildman–Crippen LogP) is 4.69. The average molecular weight is 356 g/mol. The van der Waals surface area contributed by atoms with E-state index in [2.05, 4.69) is 0 Å². The zero-order valence-electron chi connectivity index (χ0n) is 17.3. The van der Waals surface area contributed by atoms with Crippen LogP contribution in [0.4, 0.5) is 0 Å². The van der Waals surface area contributed by atoms with E-state index in [1.54, 1.807) is 28.5 Å². The zero-order chi connectivity index (χ0) is 18.9. The van der Waals surface area contributed by atoms with E-state index in [4.69, 9.17) is 5.48 Å². The lowest BCUT2D eigenvalue weighted by Crippen LogP contribution is -2.41. The Morgan fingerprint density at radius 3 is 2.96 bits per heavy atom. The summed E-state index contributed by atoms with van der Waals surface area (Å²) in [5, 5.41) is 11.8. The number of fused-ring (bicyclic) bond motifs is 1. The van der Waals surface area contributed by atoms with Crippen LogP contribution in [0.3, 0.4) is 0 Å². The topological polar surface area (TPSA) is 23.5 Å². The van der Waals surface area contributed by atoms with Crippen molar-refractivity contribution in [1.29, 1.82) is 0 Å². The predicted molar refractivity (Wildman–Crippen MR) is 101 cm³/mol. The molecule has 126 valence electrons. The van der Waals surface area contributed by atoms with Gasteiger partial charge in [-0.2, -0.15) is 0 Å². The molecule has 1 N–H and O–H groups in total. The number of hydrogen-bond donors (Lipinski definition) is 1. The normalized spacial score (nSPS) is 20.7. The van der Waals surface area contributed by atoms with Crippen molar-refractivity contribution in [3.63, 3.8) is 0 Å². The second-order valence-corrected chi connectivity index (χ2v) is 6.67. The van der Waals surface area contributed by atoms with Gasteiger partial charge in [0.1, 0.15) is 5.75 Å². The minimum absolute atomic E-state index is 0. The molecule has 2 aromatic rings. The van der Waals surface area contributed by atoms with E-state index in [1.807, 2.05) is 19.1 Å². The van der Waals surface area contributed by atoms with E-state index in [9.17, 15) is 5.11 Å². The molecule has 1 atom stereocenters. The van der Waals surface area contributed by atoms with Gasteiger partial charge in [-0.3, -0.25) is 4.90 Å². The summed E-state index contributed by atoms with van der Waals surface area (Å²) in [6, 6.07) is 8.83. The number of phenolic OH excluding ortho intramolecular Hbond substituents is 1. The molecule has 1 aliphatic carbocycles. The lowest BCUT2D eigenvalue weighted by atomic mass is 9.86. The van der Waals surface area contributed by atoms with Crippen molar-refractivity contribution in [2.45, 2.75) is 45.0 Å². The molecule has 0 aliphatic heterocycles. The SMILES string of the molecule is Cl.[2H]C([2H])(c1cccs1)C([2H])([2H])N(CCC)[C@H]1CCc2c(O)cccc2C1. The monoisotopic (exact) mass is 355 g/mol. The zero-order valence-corrected chi connectivity index (χ0v) is 14.9. The van der Waals surface area contributed by atoms with Crippen LogP contribution >= 0.6 is 23.7 Å². The number of aromatic hydroxyl groups is 1. The Balaban J connectivity index is 0.00000261. The Bertz CT molecular complexity index is 754. The van der Waals surface area contributed by atoms with E-state index in [1.165, 1.54) is 11.3 Å². The van der Waals surface area contributed by atoms with Crippen molar-refractivity contribution >= 4 is 23.7 Å². The van der Waals surface area contributed by atoms with Crippen LogP contribution in [0.2, 0.25) is 0 Å². The molecular weight excluding hydrogens is 326 g/mol. The number of nitrogens with zero attached hydrogens (tertiary/aromatic N) is 1. The van der Waals surface area contributed by atoms with Gasteiger partial charge in [0.25, 0.3) is 0 Å². The van der Waals surface area contributed by atoms with Crippen molar-refractivity contribution in [3.05, 3.63) is 51.7 Å². The molecule has 0 saturated heterocycles. The summed E-state index contributed by atoms with van der Waals surface area (Å²) < 4.78 is 34.4. The first-order valence-corrected chi connectivity index (χ1v) is 8.77. The quantitative estimate of drug-likeness (QED) is 0.812. The summed E-state index contributed by atoms with van der Waals surface area (Å²) in [5.41, 5.74) is 1.98. The number of thiophene rings is 1. The fourth-order valence-corrected chi connectivity index (χ4v) is 3.65. The van der Waals surface area contributed by atoms with Crippen LogP contribution in [-0.4, -0.2) is 29.1 Å². The maximum Gasteiger partial charge on any atom is 0.119 e. The van der Waals surface area contributed by atoms with Gasteiger partial charge in [-0.25, -0.2) is 0 Å². The molecule has 0 radical (unpaired) electrons. The van der Waals surface area contributed by atoms with E-state index < -0.39 is 12.9 Å². The van der Waals surface area contributed by atoms with Crippen molar-refractivity contribution in [2.24, 2.45) is 0 Å². The first kappa shape index (κ1) is 13.3. The molecule has 0 amide bonds. The first-order valence-electron chi connectivity index (χ1n) is 9.89. The highest BCUT2D eigenvalue weighted by Crippen LogP contribution is 2.30. The van der Waals surface area contributed by atoms with Gasteiger partial charge < -0.3 is 5.11 Å². The minimum atomic E-state index is -2.12. The molecule has 3 rings (SSSR count). The van der Waals surface area contributed by atoms with Crippen LogP contribution in [0.15, 0.2) is 35.7 Å². The molecule has 0 fully saturated rings. The largest absolute Gasteiger partial charge is 0.508 e. The molecule has 0 spiro atoms. The van der Waals surface area contributed by atoms with Crippen LogP contribution < -0.4 is 0 Å². The molecule has 1 aromatic carbocycles. The molecule has 0 saturated carbocycles. The van der Waals surface area contributed by atoms with Crippen LogP contribution in [0.5, 0.6) is 5.75 Å². The second-order valence-electron chi connectivity index (χ2n) is 5.72. The third-order valence-corrected chi connectivity index (χ3v) is 4.97. The number of benzene rings is 1. The smallest absolute Gasteiger partial charge is 0.119 e. The van der Waals surface area contributed by atoms with E-state index in [-0.39, 0.29) is 18.4 Å². The highest BCUT2D eigenvalue weighted by molar-refractivity contribution is 7.09. The maximum absolute atomic E-state index is 10.1. The van der Waals surface area contributed by atoms with Crippen LogP contribution in [-0.2, 0) is 19.2 Å². The summed E-state index contributed by atoms with van der Waals surface area (Å²) in [5.74, 6) is 0.305. The fourth-order valence-electron chi connectivity index (χ4n) is 3.08. The van der Waals surface area contributed by atoms with Crippen LogP contribution in [0.1, 0.15) is 41.3 Å². The highest BCUT2D eigenvalue weighted by atomic mass is 35.5.